The van der Waals surface area contributed by atoms with Gasteiger partial charge in [-0.15, -0.1) is 0 Å². The zero-order valence-electron chi connectivity index (χ0n) is 21.7. The number of carbonyl (C=O) groups excluding carboxylic acids is 1. The molecule has 1 saturated heterocycles. The van der Waals surface area contributed by atoms with Crippen LogP contribution in [0.4, 0.5) is 0 Å². The van der Waals surface area contributed by atoms with E-state index in [4.69, 9.17) is 0 Å². The van der Waals surface area contributed by atoms with E-state index < -0.39 is 0 Å². The van der Waals surface area contributed by atoms with E-state index in [0.29, 0.717) is 6.54 Å². The van der Waals surface area contributed by atoms with Crippen LogP contribution in [0.5, 0.6) is 0 Å². The molecule has 0 radical (unpaired) electrons. The molecule has 3 aliphatic rings. The molecule has 1 aromatic carbocycles. The molecule has 0 bridgehead atoms. The van der Waals surface area contributed by atoms with E-state index in [2.05, 4.69) is 27.8 Å². The van der Waals surface area contributed by atoms with Crippen LogP contribution in [0.3, 0.4) is 0 Å². The summed E-state index contributed by atoms with van der Waals surface area (Å²) in [6, 6.07) is 10.1. The number of benzene rings is 1. The highest BCUT2D eigenvalue weighted by molar-refractivity contribution is 5.81. The van der Waals surface area contributed by atoms with Gasteiger partial charge in [0, 0.05) is 56.8 Å². The van der Waals surface area contributed by atoms with Crippen LogP contribution in [-0.4, -0.2) is 70.5 Å². The van der Waals surface area contributed by atoms with E-state index in [0.717, 1.165) is 87.7 Å². The lowest BCUT2D eigenvalue weighted by atomic mass is 9.87. The molecule has 6 nitrogen and oxygen atoms in total. The van der Waals surface area contributed by atoms with Crippen molar-refractivity contribution in [2.24, 2.45) is 13.0 Å². The number of aryl methyl sites for hydroxylation is 1. The zero-order valence-corrected chi connectivity index (χ0v) is 21.7. The number of hydrogen-bond donors (Lipinski definition) is 0. The molecule has 2 aliphatic carbocycles. The summed E-state index contributed by atoms with van der Waals surface area (Å²) in [7, 11) is 4.05. The van der Waals surface area contributed by atoms with Crippen LogP contribution in [0.2, 0.25) is 0 Å². The Hall–Kier alpha value is -2.18. The second-order valence-electron chi connectivity index (χ2n) is 11.3. The molecule has 35 heavy (non-hydrogen) atoms. The fraction of sp³-hybridized carbons (Fsp3) is 0.655. The third kappa shape index (κ3) is 5.05. The standard InChI is InChI=1S/C29H42N4O2/c1-30-16-18-33(19-17-30)29(14-8-9-15-29)22-32(28(35)23-10-4-3-5-11-23)21-25-20-24-12-6-7-13-26(24)31(2)27(25)34/h6-7,12-13,20,23H,3-5,8-11,14-19,21-22H2,1-2H3. The maximum atomic E-state index is 14.0. The monoisotopic (exact) mass is 478 g/mol. The molecule has 1 amide bonds. The predicted molar refractivity (Wildman–Crippen MR) is 141 cm³/mol. The van der Waals surface area contributed by atoms with Crippen molar-refractivity contribution in [3.8, 4) is 0 Å². The van der Waals surface area contributed by atoms with Crippen molar-refractivity contribution in [3.63, 3.8) is 0 Å². The van der Waals surface area contributed by atoms with Gasteiger partial charge in [0.2, 0.25) is 5.91 Å². The molecule has 0 N–H and O–H groups in total. The van der Waals surface area contributed by atoms with Crippen LogP contribution in [0.15, 0.2) is 35.1 Å². The minimum atomic E-state index is 0.0187. The molecule has 1 aliphatic heterocycles. The van der Waals surface area contributed by atoms with E-state index in [-0.39, 0.29) is 22.9 Å². The fourth-order valence-corrected chi connectivity index (χ4v) is 6.87. The Kier molecular flexibility index (Phi) is 7.31. The number of aromatic nitrogens is 1. The lowest BCUT2D eigenvalue weighted by molar-refractivity contribution is -0.140. The predicted octanol–water partition coefficient (Wildman–Crippen LogP) is 4.01. The normalized spacial score (nSPS) is 22.0. The molecule has 6 heteroatoms. The minimum Gasteiger partial charge on any atom is -0.336 e. The number of likely N-dealkylation sites (N-methyl/N-ethyl adjacent to an activating group) is 1. The summed E-state index contributed by atoms with van der Waals surface area (Å²) in [4.78, 5) is 34.6. The quantitative estimate of drug-likeness (QED) is 0.630. The number of carbonyl (C=O) groups is 1. The summed E-state index contributed by atoms with van der Waals surface area (Å²) in [6.45, 7) is 5.48. The van der Waals surface area contributed by atoms with Gasteiger partial charge >= 0.3 is 0 Å². The van der Waals surface area contributed by atoms with Crippen molar-refractivity contribution in [3.05, 3.63) is 46.2 Å². The van der Waals surface area contributed by atoms with Gasteiger partial charge in [0.1, 0.15) is 0 Å². The molecule has 190 valence electrons. The number of amides is 1. The Morgan fingerprint density at radius 2 is 1.66 bits per heavy atom. The summed E-state index contributed by atoms with van der Waals surface area (Å²) in [5.41, 5.74) is 1.75. The molecule has 0 atom stereocenters. The molecule has 0 spiro atoms. The van der Waals surface area contributed by atoms with Gasteiger partial charge in [-0.05, 0) is 50.2 Å². The number of rotatable bonds is 6. The van der Waals surface area contributed by atoms with Crippen LogP contribution in [0, 0.1) is 5.92 Å². The van der Waals surface area contributed by atoms with Gasteiger partial charge in [-0.1, -0.05) is 50.3 Å². The number of hydrogen-bond acceptors (Lipinski definition) is 4. The summed E-state index contributed by atoms with van der Waals surface area (Å²) in [6.07, 6.45) is 10.3. The highest BCUT2D eigenvalue weighted by Gasteiger charge is 2.43. The lowest BCUT2D eigenvalue weighted by Crippen LogP contribution is -2.60. The average Bonchev–Trinajstić information content (AvgIpc) is 3.37. The SMILES string of the molecule is CN1CCN(C2(CN(Cc3cc4ccccc4n(C)c3=O)C(=O)C3CCCCC3)CCCC2)CC1. The molecule has 3 fully saturated rings. The van der Waals surface area contributed by atoms with E-state index in [1.54, 1.807) is 4.57 Å². The van der Waals surface area contributed by atoms with Gasteiger partial charge in [-0.3, -0.25) is 14.5 Å². The molecular weight excluding hydrogens is 436 g/mol. The number of piperazine rings is 1. The number of pyridine rings is 1. The molecule has 2 aromatic rings. The van der Waals surface area contributed by atoms with Crippen LogP contribution >= 0.6 is 0 Å². The van der Waals surface area contributed by atoms with Gasteiger partial charge in [0.05, 0.1) is 12.1 Å². The first-order valence-electron chi connectivity index (χ1n) is 13.8. The number of fused-ring (bicyclic) bond motifs is 1. The summed E-state index contributed by atoms with van der Waals surface area (Å²) in [5, 5.41) is 1.06. The second-order valence-corrected chi connectivity index (χ2v) is 11.3. The highest BCUT2D eigenvalue weighted by Crippen LogP contribution is 2.38. The highest BCUT2D eigenvalue weighted by atomic mass is 16.2. The summed E-state index contributed by atoms with van der Waals surface area (Å²) >= 11 is 0. The first-order chi connectivity index (χ1) is 17.0. The van der Waals surface area contributed by atoms with Crippen molar-refractivity contribution < 1.29 is 4.79 Å². The molecule has 2 saturated carbocycles. The largest absolute Gasteiger partial charge is 0.336 e. The van der Waals surface area contributed by atoms with E-state index in [1.165, 1.54) is 19.3 Å². The van der Waals surface area contributed by atoms with Gasteiger partial charge in [0.25, 0.3) is 5.56 Å². The van der Waals surface area contributed by atoms with Crippen LogP contribution in [0.25, 0.3) is 10.9 Å². The third-order valence-electron chi connectivity index (χ3n) is 9.03. The van der Waals surface area contributed by atoms with Crippen molar-refractivity contribution in [1.82, 2.24) is 19.3 Å². The Balaban J connectivity index is 1.47. The Labute approximate surface area is 209 Å². The maximum Gasteiger partial charge on any atom is 0.255 e. The third-order valence-corrected chi connectivity index (χ3v) is 9.03. The Bertz CT molecular complexity index is 1090. The second kappa shape index (κ2) is 10.4. The topological polar surface area (TPSA) is 48.8 Å². The van der Waals surface area contributed by atoms with Gasteiger partial charge in [-0.25, -0.2) is 0 Å². The maximum absolute atomic E-state index is 14.0. The smallest absolute Gasteiger partial charge is 0.255 e. The van der Waals surface area contributed by atoms with Gasteiger partial charge in [-0.2, -0.15) is 0 Å². The molecule has 5 rings (SSSR count). The lowest BCUT2D eigenvalue weighted by Gasteiger charge is -2.48. The summed E-state index contributed by atoms with van der Waals surface area (Å²) < 4.78 is 1.75. The van der Waals surface area contributed by atoms with Crippen molar-refractivity contribution in [2.75, 3.05) is 39.8 Å². The van der Waals surface area contributed by atoms with E-state index in [1.807, 2.05) is 31.3 Å². The first-order valence-corrected chi connectivity index (χ1v) is 13.8. The average molecular weight is 479 g/mol. The molecular formula is C29H42N4O2. The Morgan fingerprint density at radius 1 is 0.971 bits per heavy atom. The zero-order chi connectivity index (χ0) is 24.4. The first kappa shape index (κ1) is 24.5. The number of nitrogens with zero attached hydrogens (tertiary/aromatic N) is 4. The number of para-hydroxylation sites is 1. The van der Waals surface area contributed by atoms with Crippen LogP contribution in [-0.2, 0) is 18.4 Å². The van der Waals surface area contributed by atoms with Crippen molar-refractivity contribution in [1.29, 1.82) is 0 Å². The van der Waals surface area contributed by atoms with E-state index in [9.17, 15) is 9.59 Å². The summed E-state index contributed by atoms with van der Waals surface area (Å²) in [5.74, 6) is 0.388. The molecule has 1 aromatic heterocycles. The van der Waals surface area contributed by atoms with Crippen LogP contribution < -0.4 is 5.56 Å². The Morgan fingerprint density at radius 3 is 2.37 bits per heavy atom. The van der Waals surface area contributed by atoms with Gasteiger partial charge < -0.3 is 14.4 Å². The van der Waals surface area contributed by atoms with Gasteiger partial charge in [0.15, 0.2) is 0 Å². The van der Waals surface area contributed by atoms with E-state index >= 15 is 0 Å². The minimum absolute atomic E-state index is 0.0187. The fourth-order valence-electron chi connectivity index (χ4n) is 6.87. The van der Waals surface area contributed by atoms with Crippen LogP contribution in [0.1, 0.15) is 63.4 Å². The molecule has 2 heterocycles. The molecule has 0 unspecified atom stereocenters. The van der Waals surface area contributed by atoms with Crippen molar-refractivity contribution in [2.45, 2.75) is 69.9 Å². The van der Waals surface area contributed by atoms with Crippen molar-refractivity contribution >= 4 is 16.8 Å².